The minimum absolute atomic E-state index is 0.214. The van der Waals surface area contributed by atoms with Crippen LogP contribution in [0.1, 0.15) is 39.3 Å². The summed E-state index contributed by atoms with van der Waals surface area (Å²) in [5.74, 6) is -0.214. The number of benzene rings is 1. The van der Waals surface area contributed by atoms with Crippen LogP contribution in [0.15, 0.2) is 24.3 Å². The zero-order chi connectivity index (χ0) is 15.0. The van der Waals surface area contributed by atoms with Crippen molar-refractivity contribution >= 4 is 34.5 Å². The van der Waals surface area contributed by atoms with E-state index in [1.54, 1.807) is 23.5 Å². The van der Waals surface area contributed by atoms with Crippen molar-refractivity contribution in [3.05, 3.63) is 55.2 Å². The zero-order valence-electron chi connectivity index (χ0n) is 11.5. The molecule has 21 heavy (non-hydrogen) atoms. The van der Waals surface area contributed by atoms with Crippen molar-refractivity contribution in [1.29, 1.82) is 0 Å². The second-order valence-electron chi connectivity index (χ2n) is 5.40. The molecule has 3 N–H and O–H groups in total. The Balaban J connectivity index is 1.91. The van der Waals surface area contributed by atoms with E-state index in [9.17, 15) is 5.11 Å². The number of fused-ring (bicyclic) bond motifs is 1. The summed E-state index contributed by atoms with van der Waals surface area (Å²) in [7, 11) is 0. The van der Waals surface area contributed by atoms with Crippen molar-refractivity contribution < 1.29 is 5.11 Å². The maximum atomic E-state index is 10.7. The van der Waals surface area contributed by atoms with Gasteiger partial charge in [0.1, 0.15) is 0 Å². The Kier molecular flexibility index (Phi) is 4.57. The Bertz CT molecular complexity index is 634. The molecule has 2 atom stereocenters. The fourth-order valence-electron chi connectivity index (χ4n) is 2.92. The molecule has 1 aromatic carbocycles. The fourth-order valence-corrected chi connectivity index (χ4v) is 4.78. The lowest BCUT2D eigenvalue weighted by molar-refractivity contribution is 0.151. The maximum Gasteiger partial charge on any atom is 0.0963 e. The van der Waals surface area contributed by atoms with Crippen molar-refractivity contribution in [3.63, 3.8) is 0 Å². The summed E-state index contributed by atoms with van der Waals surface area (Å²) in [4.78, 5) is 2.39. The van der Waals surface area contributed by atoms with Gasteiger partial charge >= 0.3 is 0 Å². The first kappa shape index (κ1) is 15.3. The number of hydrogen-bond donors (Lipinski definition) is 2. The number of aryl methyl sites for hydroxylation is 2. The Labute approximate surface area is 138 Å². The van der Waals surface area contributed by atoms with E-state index in [1.807, 2.05) is 6.07 Å². The van der Waals surface area contributed by atoms with Crippen LogP contribution >= 0.6 is 34.5 Å². The number of aliphatic hydroxyl groups excluding tert-OH is 1. The molecule has 0 bridgehead atoms. The number of hydrogen-bond acceptors (Lipinski definition) is 3. The Hall–Kier alpha value is -0.580. The van der Waals surface area contributed by atoms with E-state index in [0.717, 1.165) is 23.3 Å². The Morgan fingerprint density at radius 1 is 1.24 bits per heavy atom. The van der Waals surface area contributed by atoms with Crippen molar-refractivity contribution in [2.24, 2.45) is 5.73 Å². The van der Waals surface area contributed by atoms with Gasteiger partial charge in [-0.2, -0.15) is 0 Å². The summed E-state index contributed by atoms with van der Waals surface area (Å²) in [5.41, 5.74) is 8.13. The number of nitrogens with two attached hydrogens (primary N) is 1. The van der Waals surface area contributed by atoms with Crippen LogP contribution < -0.4 is 5.73 Å². The fraction of sp³-hybridized carbons (Fsp3) is 0.375. The molecule has 0 saturated carbocycles. The summed E-state index contributed by atoms with van der Waals surface area (Å²) in [6, 6.07) is 7.46. The molecule has 0 fully saturated rings. The largest absolute Gasteiger partial charge is 0.387 e. The molecule has 1 aromatic heterocycles. The van der Waals surface area contributed by atoms with E-state index >= 15 is 0 Å². The van der Waals surface area contributed by atoms with Crippen molar-refractivity contribution in [2.45, 2.75) is 31.3 Å². The van der Waals surface area contributed by atoms with E-state index in [1.165, 1.54) is 16.9 Å². The van der Waals surface area contributed by atoms with Gasteiger partial charge in [0.05, 0.1) is 6.10 Å². The average Bonchev–Trinajstić information content (AvgIpc) is 3.02. The third-order valence-corrected chi connectivity index (χ3v) is 5.92. The number of rotatable bonds is 4. The summed E-state index contributed by atoms with van der Waals surface area (Å²) in [5, 5.41) is 11.9. The van der Waals surface area contributed by atoms with Crippen LogP contribution in [0.5, 0.6) is 0 Å². The van der Waals surface area contributed by atoms with Gasteiger partial charge in [-0.05, 0) is 48.6 Å². The number of aliphatic hydroxyl groups is 1. The molecule has 0 aliphatic heterocycles. The molecule has 3 rings (SSSR count). The van der Waals surface area contributed by atoms with Crippen LogP contribution in [-0.4, -0.2) is 11.7 Å². The van der Waals surface area contributed by atoms with Gasteiger partial charge in [0.2, 0.25) is 0 Å². The zero-order valence-corrected chi connectivity index (χ0v) is 13.8. The first-order chi connectivity index (χ1) is 10.1. The summed E-state index contributed by atoms with van der Waals surface area (Å²) in [6.07, 6.45) is 2.85. The van der Waals surface area contributed by atoms with E-state index in [2.05, 4.69) is 6.07 Å². The highest BCUT2D eigenvalue weighted by Gasteiger charge is 2.27. The Morgan fingerprint density at radius 3 is 2.71 bits per heavy atom. The molecule has 2 unspecified atom stereocenters. The highest BCUT2D eigenvalue weighted by molar-refractivity contribution is 7.12. The van der Waals surface area contributed by atoms with Gasteiger partial charge in [0.15, 0.2) is 0 Å². The van der Waals surface area contributed by atoms with Gasteiger partial charge in [0.25, 0.3) is 0 Å². The lowest BCUT2D eigenvalue weighted by atomic mass is 9.92. The minimum atomic E-state index is -0.621. The lowest BCUT2D eigenvalue weighted by Crippen LogP contribution is -2.20. The van der Waals surface area contributed by atoms with Crippen LogP contribution in [-0.2, 0) is 12.8 Å². The monoisotopic (exact) mass is 341 g/mol. The van der Waals surface area contributed by atoms with Gasteiger partial charge < -0.3 is 10.8 Å². The van der Waals surface area contributed by atoms with Gasteiger partial charge in [-0.15, -0.1) is 11.3 Å². The van der Waals surface area contributed by atoms with E-state index in [-0.39, 0.29) is 5.92 Å². The molecule has 0 amide bonds. The lowest BCUT2D eigenvalue weighted by Gasteiger charge is -2.22. The molecule has 1 aliphatic carbocycles. The predicted octanol–water partition coefficient (Wildman–Crippen LogP) is 4.32. The average molecular weight is 342 g/mol. The molecule has 5 heteroatoms. The highest BCUT2D eigenvalue weighted by Crippen LogP contribution is 2.40. The minimum Gasteiger partial charge on any atom is -0.387 e. The molecule has 0 spiro atoms. The molecule has 112 valence electrons. The first-order valence-electron chi connectivity index (χ1n) is 7.04. The van der Waals surface area contributed by atoms with E-state index < -0.39 is 6.10 Å². The second-order valence-corrected chi connectivity index (χ2v) is 7.42. The van der Waals surface area contributed by atoms with Crippen LogP contribution in [0.25, 0.3) is 0 Å². The molecule has 1 aliphatic rings. The quantitative estimate of drug-likeness (QED) is 0.869. The number of halogens is 2. The van der Waals surface area contributed by atoms with Gasteiger partial charge in [-0.3, -0.25) is 0 Å². The standard InChI is InChI=1S/C16H17Cl2NOS/c17-10-4-5-11(13(18)7-10)12(8-19)16(20)15-6-9-2-1-3-14(9)21-15/h4-7,12,16,20H,1-3,8,19H2. The smallest absolute Gasteiger partial charge is 0.0963 e. The first-order valence-corrected chi connectivity index (χ1v) is 8.62. The second kappa shape index (κ2) is 6.27. The molecule has 2 aromatic rings. The summed E-state index contributed by atoms with van der Waals surface area (Å²) in [6.45, 7) is 0.338. The van der Waals surface area contributed by atoms with Crippen LogP contribution in [0.2, 0.25) is 10.0 Å². The van der Waals surface area contributed by atoms with Gasteiger partial charge in [0, 0.05) is 32.3 Å². The molecule has 0 saturated heterocycles. The third kappa shape index (κ3) is 2.99. The normalized spacial score (nSPS) is 16.8. The third-order valence-electron chi connectivity index (χ3n) is 4.05. The van der Waals surface area contributed by atoms with Gasteiger partial charge in [-0.1, -0.05) is 29.3 Å². The van der Waals surface area contributed by atoms with E-state index in [4.69, 9.17) is 28.9 Å². The van der Waals surface area contributed by atoms with Crippen LogP contribution in [0.3, 0.4) is 0 Å². The molecule has 1 heterocycles. The van der Waals surface area contributed by atoms with Crippen LogP contribution in [0, 0.1) is 0 Å². The molecular formula is C16H17Cl2NOS. The van der Waals surface area contributed by atoms with Crippen molar-refractivity contribution in [1.82, 2.24) is 0 Å². The SMILES string of the molecule is NCC(c1ccc(Cl)cc1Cl)C(O)c1cc2c(s1)CCC2. The summed E-state index contributed by atoms with van der Waals surface area (Å²) < 4.78 is 0. The van der Waals surface area contributed by atoms with Crippen molar-refractivity contribution in [3.8, 4) is 0 Å². The molecule has 2 nitrogen and oxygen atoms in total. The maximum absolute atomic E-state index is 10.7. The molecular weight excluding hydrogens is 325 g/mol. The topological polar surface area (TPSA) is 46.2 Å². The van der Waals surface area contributed by atoms with Crippen molar-refractivity contribution in [2.75, 3.05) is 6.54 Å². The van der Waals surface area contributed by atoms with Crippen LogP contribution in [0.4, 0.5) is 0 Å². The number of thiophene rings is 1. The predicted molar refractivity (Wildman–Crippen MR) is 89.6 cm³/mol. The van der Waals surface area contributed by atoms with Gasteiger partial charge in [-0.25, -0.2) is 0 Å². The Morgan fingerprint density at radius 2 is 2.05 bits per heavy atom. The summed E-state index contributed by atoms with van der Waals surface area (Å²) >= 11 is 13.9. The van der Waals surface area contributed by atoms with E-state index in [0.29, 0.717) is 16.6 Å². The highest BCUT2D eigenvalue weighted by atomic mass is 35.5. The molecule has 0 radical (unpaired) electrons.